The number of anilines is 2. The van der Waals surface area contributed by atoms with Crippen molar-refractivity contribution in [2.45, 2.75) is 26.2 Å². The van der Waals surface area contributed by atoms with Crippen molar-refractivity contribution in [2.24, 2.45) is 7.05 Å². The molecular weight excluding hydrogens is 396 g/mol. The number of hydrogen-bond donors (Lipinski definition) is 2. The van der Waals surface area contributed by atoms with Crippen molar-refractivity contribution in [1.29, 1.82) is 0 Å². The molecule has 8 nitrogen and oxygen atoms in total. The van der Waals surface area contributed by atoms with E-state index in [1.165, 1.54) is 4.68 Å². The molecule has 0 aliphatic rings. The molecule has 0 saturated heterocycles. The van der Waals surface area contributed by atoms with E-state index in [9.17, 15) is 14.4 Å². The van der Waals surface area contributed by atoms with Gasteiger partial charge in [-0.3, -0.25) is 19.1 Å². The maximum Gasteiger partial charge on any atom is 0.295 e. The highest BCUT2D eigenvalue weighted by Gasteiger charge is 2.18. The average molecular weight is 422 g/mol. The Labute approximate surface area is 180 Å². The van der Waals surface area contributed by atoms with Crippen LogP contribution in [0.2, 0.25) is 0 Å². The number of nitrogens with zero attached hydrogens (tertiary/aromatic N) is 2. The predicted octanol–water partition coefficient (Wildman–Crippen LogP) is 3.24. The van der Waals surface area contributed by atoms with E-state index >= 15 is 0 Å². The summed E-state index contributed by atoms with van der Waals surface area (Å²) < 4.78 is 8.29. The van der Waals surface area contributed by atoms with Gasteiger partial charge in [-0.05, 0) is 49.7 Å². The van der Waals surface area contributed by atoms with E-state index in [4.69, 9.17) is 4.74 Å². The number of carbonyl (C=O) groups excluding carboxylic acids is 2. The van der Waals surface area contributed by atoms with Gasteiger partial charge in [0.2, 0.25) is 11.8 Å². The fourth-order valence-electron chi connectivity index (χ4n) is 3.22. The van der Waals surface area contributed by atoms with Crippen molar-refractivity contribution in [3.8, 4) is 11.4 Å². The van der Waals surface area contributed by atoms with Crippen LogP contribution in [0.1, 0.15) is 25.0 Å². The SMILES string of the molecule is COc1ccc(NC(=O)CCCC(=O)Nc2c(C)n(C)n(-c3ccccc3)c2=O)cc1. The molecule has 0 saturated carbocycles. The Kier molecular flexibility index (Phi) is 6.92. The largest absolute Gasteiger partial charge is 0.497 e. The first-order chi connectivity index (χ1) is 14.9. The molecule has 3 aromatic rings. The van der Waals surface area contributed by atoms with E-state index in [0.717, 1.165) is 0 Å². The molecule has 0 spiro atoms. The monoisotopic (exact) mass is 422 g/mol. The molecule has 2 aromatic carbocycles. The van der Waals surface area contributed by atoms with Crippen LogP contribution in [0.15, 0.2) is 59.4 Å². The summed E-state index contributed by atoms with van der Waals surface area (Å²) in [5.41, 5.74) is 1.99. The van der Waals surface area contributed by atoms with Crippen LogP contribution in [0.5, 0.6) is 5.75 Å². The fraction of sp³-hybridized carbons (Fsp3) is 0.261. The van der Waals surface area contributed by atoms with Crippen molar-refractivity contribution in [2.75, 3.05) is 17.7 Å². The van der Waals surface area contributed by atoms with Crippen molar-refractivity contribution in [3.63, 3.8) is 0 Å². The van der Waals surface area contributed by atoms with Gasteiger partial charge in [-0.2, -0.15) is 0 Å². The van der Waals surface area contributed by atoms with Gasteiger partial charge in [0.1, 0.15) is 11.4 Å². The number of carbonyl (C=O) groups is 2. The first-order valence-corrected chi connectivity index (χ1v) is 9.98. The summed E-state index contributed by atoms with van der Waals surface area (Å²) in [6, 6.07) is 16.2. The summed E-state index contributed by atoms with van der Waals surface area (Å²) >= 11 is 0. The van der Waals surface area contributed by atoms with E-state index in [2.05, 4.69) is 10.6 Å². The van der Waals surface area contributed by atoms with Gasteiger partial charge in [-0.25, -0.2) is 4.68 Å². The second-order valence-corrected chi connectivity index (χ2v) is 7.11. The average Bonchev–Trinajstić information content (AvgIpc) is 2.98. The fourth-order valence-corrected chi connectivity index (χ4v) is 3.22. The number of hydrogen-bond acceptors (Lipinski definition) is 4. The number of para-hydroxylation sites is 1. The summed E-state index contributed by atoms with van der Waals surface area (Å²) in [5.74, 6) is 0.223. The second-order valence-electron chi connectivity index (χ2n) is 7.11. The summed E-state index contributed by atoms with van der Waals surface area (Å²) in [5, 5.41) is 5.49. The Hall–Kier alpha value is -3.81. The zero-order valence-corrected chi connectivity index (χ0v) is 17.8. The Balaban J connectivity index is 1.55. The zero-order valence-electron chi connectivity index (χ0n) is 17.8. The molecule has 0 unspecified atom stereocenters. The quantitative estimate of drug-likeness (QED) is 0.583. The minimum atomic E-state index is -0.303. The first-order valence-electron chi connectivity index (χ1n) is 9.98. The number of ether oxygens (including phenoxy) is 1. The number of benzene rings is 2. The first kappa shape index (κ1) is 21.9. The molecule has 162 valence electrons. The summed E-state index contributed by atoms with van der Waals surface area (Å²) in [4.78, 5) is 37.3. The highest BCUT2D eigenvalue weighted by Crippen LogP contribution is 2.16. The molecule has 0 atom stereocenters. The van der Waals surface area contributed by atoms with E-state index in [1.54, 1.807) is 50.0 Å². The van der Waals surface area contributed by atoms with Crippen LogP contribution in [-0.4, -0.2) is 28.3 Å². The molecule has 0 aliphatic carbocycles. The zero-order chi connectivity index (χ0) is 22.4. The van der Waals surface area contributed by atoms with Gasteiger partial charge in [-0.15, -0.1) is 0 Å². The van der Waals surface area contributed by atoms with Crippen molar-refractivity contribution >= 4 is 23.2 Å². The molecule has 31 heavy (non-hydrogen) atoms. The third-order valence-corrected chi connectivity index (χ3v) is 5.00. The van der Waals surface area contributed by atoms with Crippen LogP contribution in [-0.2, 0) is 16.6 Å². The molecule has 0 radical (unpaired) electrons. The molecule has 2 N–H and O–H groups in total. The molecule has 1 aromatic heterocycles. The predicted molar refractivity (Wildman–Crippen MR) is 120 cm³/mol. The Morgan fingerprint density at radius 1 is 0.935 bits per heavy atom. The van der Waals surface area contributed by atoms with Gasteiger partial charge >= 0.3 is 0 Å². The molecule has 0 aliphatic heterocycles. The van der Waals surface area contributed by atoms with Gasteiger partial charge in [0, 0.05) is 25.6 Å². The summed E-state index contributed by atoms with van der Waals surface area (Å²) in [7, 11) is 3.34. The number of nitrogens with one attached hydrogen (secondary N) is 2. The van der Waals surface area contributed by atoms with Gasteiger partial charge < -0.3 is 15.4 Å². The normalized spacial score (nSPS) is 10.5. The highest BCUT2D eigenvalue weighted by atomic mass is 16.5. The lowest BCUT2D eigenvalue weighted by Gasteiger charge is -2.07. The Bertz CT molecular complexity index is 1110. The van der Waals surface area contributed by atoms with Crippen LogP contribution in [0, 0.1) is 6.92 Å². The van der Waals surface area contributed by atoms with Crippen LogP contribution in [0.3, 0.4) is 0 Å². The summed E-state index contributed by atoms with van der Waals surface area (Å²) in [6.45, 7) is 1.78. The topological polar surface area (TPSA) is 94.4 Å². The third-order valence-electron chi connectivity index (χ3n) is 5.00. The standard InChI is InChI=1S/C23H26N4O4/c1-16-22(23(30)27(26(16)2)18-8-5-4-6-9-18)25-21(29)11-7-10-20(28)24-17-12-14-19(31-3)15-13-17/h4-6,8-9,12-15H,7,10-11H2,1-3H3,(H,24,28)(H,25,29). The lowest BCUT2D eigenvalue weighted by molar-refractivity contribution is -0.117. The number of rotatable bonds is 8. The Morgan fingerprint density at radius 2 is 1.55 bits per heavy atom. The maximum absolute atomic E-state index is 12.8. The van der Waals surface area contributed by atoms with E-state index in [0.29, 0.717) is 29.2 Å². The van der Waals surface area contributed by atoms with Crippen LogP contribution in [0.4, 0.5) is 11.4 Å². The lowest BCUT2D eigenvalue weighted by Crippen LogP contribution is -2.23. The molecule has 8 heteroatoms. The molecule has 1 heterocycles. The van der Waals surface area contributed by atoms with Crippen LogP contribution in [0.25, 0.3) is 5.69 Å². The number of amides is 2. The molecule has 0 bridgehead atoms. The van der Waals surface area contributed by atoms with Crippen LogP contribution < -0.4 is 20.9 Å². The molecule has 2 amide bonds. The molecule has 0 fully saturated rings. The number of methoxy groups -OCH3 is 1. The van der Waals surface area contributed by atoms with E-state index < -0.39 is 0 Å². The second kappa shape index (κ2) is 9.80. The van der Waals surface area contributed by atoms with Crippen molar-refractivity contribution in [3.05, 3.63) is 70.6 Å². The maximum atomic E-state index is 12.8. The van der Waals surface area contributed by atoms with E-state index in [1.807, 2.05) is 30.3 Å². The number of aromatic nitrogens is 2. The molecular formula is C23H26N4O4. The molecule has 3 rings (SSSR count). The van der Waals surface area contributed by atoms with Crippen molar-refractivity contribution < 1.29 is 14.3 Å². The van der Waals surface area contributed by atoms with Gasteiger partial charge in [0.25, 0.3) is 5.56 Å². The smallest absolute Gasteiger partial charge is 0.295 e. The van der Waals surface area contributed by atoms with E-state index in [-0.39, 0.29) is 35.9 Å². The van der Waals surface area contributed by atoms with Gasteiger partial charge in [0.15, 0.2) is 0 Å². The van der Waals surface area contributed by atoms with Crippen LogP contribution >= 0.6 is 0 Å². The third kappa shape index (κ3) is 5.22. The van der Waals surface area contributed by atoms with Crippen molar-refractivity contribution in [1.82, 2.24) is 9.36 Å². The minimum absolute atomic E-state index is 0.134. The minimum Gasteiger partial charge on any atom is -0.497 e. The van der Waals surface area contributed by atoms with Gasteiger partial charge in [-0.1, -0.05) is 18.2 Å². The van der Waals surface area contributed by atoms with Gasteiger partial charge in [0.05, 0.1) is 18.5 Å². The summed E-state index contributed by atoms with van der Waals surface area (Å²) in [6.07, 6.45) is 0.698. The highest BCUT2D eigenvalue weighted by molar-refractivity contribution is 5.93. The Morgan fingerprint density at radius 3 is 2.16 bits per heavy atom. The lowest BCUT2D eigenvalue weighted by atomic mass is 10.2.